The number of nitrogens with zero attached hydrogens (tertiary/aromatic N) is 5. The molecule has 0 saturated carbocycles. The maximum absolute atomic E-state index is 14.3. The summed E-state index contributed by atoms with van der Waals surface area (Å²) >= 11 is 6.43. The summed E-state index contributed by atoms with van der Waals surface area (Å²) in [6.07, 6.45) is -0.514. The first kappa shape index (κ1) is 30.2. The van der Waals surface area contributed by atoms with Crippen molar-refractivity contribution in [2.75, 3.05) is 32.6 Å². The number of phenols is 1. The first-order valence-corrected chi connectivity index (χ1v) is 14.6. The third kappa shape index (κ3) is 6.25. The van der Waals surface area contributed by atoms with Crippen molar-refractivity contribution in [2.24, 2.45) is 0 Å². The quantitative estimate of drug-likeness (QED) is 0.427. The van der Waals surface area contributed by atoms with Crippen LogP contribution in [0, 0.1) is 0 Å². The number of aromatic hydroxyl groups is 1. The number of fused-ring (bicyclic) bond motifs is 1. The van der Waals surface area contributed by atoms with Crippen molar-refractivity contribution >= 4 is 35.1 Å². The highest BCUT2D eigenvalue weighted by Crippen LogP contribution is 2.34. The zero-order chi connectivity index (χ0) is 30.8. The molecule has 2 aliphatic rings. The topological polar surface area (TPSA) is 99.7 Å². The van der Waals surface area contributed by atoms with E-state index < -0.39 is 18.2 Å². The Bertz CT molecular complexity index is 1480. The number of nitrogens with one attached hydrogen (secondary N) is 1. The first-order chi connectivity index (χ1) is 20.5. The van der Waals surface area contributed by atoms with E-state index >= 15 is 0 Å². The molecule has 226 valence electrons. The summed E-state index contributed by atoms with van der Waals surface area (Å²) in [5.74, 6) is -0.325. The van der Waals surface area contributed by atoms with Crippen LogP contribution >= 0.6 is 11.6 Å². The molecular formula is C32H37ClN6O4. The molecule has 0 aromatic heterocycles. The fourth-order valence-corrected chi connectivity index (χ4v) is 6.16. The summed E-state index contributed by atoms with van der Waals surface area (Å²) in [6.45, 7) is 2.41. The minimum atomic E-state index is -0.850. The van der Waals surface area contributed by atoms with Gasteiger partial charge in [0.2, 0.25) is 11.8 Å². The lowest BCUT2D eigenvalue weighted by Crippen LogP contribution is -2.78. The van der Waals surface area contributed by atoms with Crippen LogP contribution in [0.4, 0.5) is 10.5 Å². The number of benzene rings is 3. The van der Waals surface area contributed by atoms with E-state index in [0.717, 1.165) is 22.4 Å². The summed E-state index contributed by atoms with van der Waals surface area (Å²) in [4.78, 5) is 46.9. The van der Waals surface area contributed by atoms with Crippen molar-refractivity contribution in [3.05, 3.63) is 94.5 Å². The molecule has 0 bridgehead atoms. The first-order valence-electron chi connectivity index (χ1n) is 14.2. The van der Waals surface area contributed by atoms with Gasteiger partial charge in [0.25, 0.3) is 0 Å². The number of phenolic OH excluding ortho intramolecular Hbond substituents is 1. The summed E-state index contributed by atoms with van der Waals surface area (Å²) in [6, 6.07) is 20.1. The summed E-state index contributed by atoms with van der Waals surface area (Å²) in [7, 11) is 5.52. The Labute approximate surface area is 257 Å². The number of halogens is 1. The SMILES string of the molecule is C[C@H]1[C@H]2N(C(=O)CN(C)N2C(=O)NCc2ccccc2)[C@@H](Cc2ccc(O)cc2)C(=O)N1Cc1ccc(Cl)c(N(C)C)c1. The van der Waals surface area contributed by atoms with Crippen LogP contribution in [0.1, 0.15) is 23.6 Å². The standard InChI is InChI=1S/C32H37ClN6O4/c1-21-30-38(29(41)20-36(4)39(30)32(43)34-18-23-8-6-5-7-9-23)28(16-22-10-13-25(40)14-11-22)31(42)37(21)19-24-12-15-26(33)27(17-24)35(2)3/h5-15,17,21,28,30,40H,16,18-20H2,1-4H3,(H,34,43)/t21-,28-,30-/m0/s1. The van der Waals surface area contributed by atoms with E-state index in [1.54, 1.807) is 51.1 Å². The minimum Gasteiger partial charge on any atom is -0.508 e. The fourth-order valence-electron chi connectivity index (χ4n) is 5.88. The number of piperazine rings is 1. The lowest BCUT2D eigenvalue weighted by atomic mass is 9.94. The van der Waals surface area contributed by atoms with Gasteiger partial charge in [-0.05, 0) is 47.9 Å². The largest absolute Gasteiger partial charge is 0.508 e. The van der Waals surface area contributed by atoms with Crippen molar-refractivity contribution in [1.82, 2.24) is 25.1 Å². The summed E-state index contributed by atoms with van der Waals surface area (Å²) < 4.78 is 0. The van der Waals surface area contributed by atoms with E-state index in [1.165, 1.54) is 0 Å². The molecule has 5 rings (SSSR count). The molecule has 3 aromatic rings. The molecule has 43 heavy (non-hydrogen) atoms. The highest BCUT2D eigenvalue weighted by Gasteiger charge is 2.54. The Morgan fingerprint density at radius 2 is 1.67 bits per heavy atom. The van der Waals surface area contributed by atoms with Gasteiger partial charge in [-0.1, -0.05) is 60.1 Å². The van der Waals surface area contributed by atoms with Crippen molar-refractivity contribution in [3.63, 3.8) is 0 Å². The van der Waals surface area contributed by atoms with Crippen LogP contribution in [0.5, 0.6) is 5.75 Å². The van der Waals surface area contributed by atoms with Crippen LogP contribution in [0.15, 0.2) is 72.8 Å². The highest BCUT2D eigenvalue weighted by atomic mass is 35.5. The average molecular weight is 605 g/mol. The monoisotopic (exact) mass is 604 g/mol. The van der Waals surface area contributed by atoms with Crippen LogP contribution in [-0.4, -0.2) is 88.7 Å². The molecule has 10 nitrogen and oxygen atoms in total. The van der Waals surface area contributed by atoms with Gasteiger partial charge in [0, 0.05) is 40.7 Å². The molecule has 0 aliphatic carbocycles. The second-order valence-electron chi connectivity index (χ2n) is 11.3. The van der Waals surface area contributed by atoms with E-state index in [0.29, 0.717) is 11.6 Å². The average Bonchev–Trinajstić information content (AvgIpc) is 2.98. The zero-order valence-corrected chi connectivity index (χ0v) is 25.5. The van der Waals surface area contributed by atoms with Crippen LogP contribution in [0.2, 0.25) is 5.02 Å². The number of hydrogen-bond acceptors (Lipinski definition) is 6. The number of amides is 4. The number of hydrazine groups is 1. The Morgan fingerprint density at radius 3 is 2.35 bits per heavy atom. The van der Waals surface area contributed by atoms with Crippen molar-refractivity contribution in [3.8, 4) is 5.75 Å². The van der Waals surface area contributed by atoms with Crippen LogP contribution in [0.25, 0.3) is 0 Å². The van der Waals surface area contributed by atoms with Gasteiger partial charge in [-0.15, -0.1) is 0 Å². The molecule has 0 spiro atoms. The number of rotatable bonds is 7. The maximum atomic E-state index is 14.3. The van der Waals surface area contributed by atoms with Gasteiger partial charge in [-0.3, -0.25) is 9.59 Å². The van der Waals surface area contributed by atoms with E-state index in [9.17, 15) is 19.5 Å². The van der Waals surface area contributed by atoms with E-state index in [2.05, 4.69) is 5.32 Å². The molecular weight excluding hydrogens is 568 g/mol. The minimum absolute atomic E-state index is 0.0509. The summed E-state index contributed by atoms with van der Waals surface area (Å²) in [5.41, 5.74) is 3.44. The van der Waals surface area contributed by atoms with Gasteiger partial charge in [0.05, 0.1) is 23.3 Å². The molecule has 3 atom stereocenters. The third-order valence-corrected chi connectivity index (χ3v) is 8.41. The fraction of sp³-hybridized carbons (Fsp3) is 0.344. The van der Waals surface area contributed by atoms with Crippen molar-refractivity contribution in [2.45, 2.75) is 44.7 Å². The Kier molecular flexibility index (Phi) is 8.79. The predicted molar refractivity (Wildman–Crippen MR) is 165 cm³/mol. The highest BCUT2D eigenvalue weighted by molar-refractivity contribution is 6.33. The number of carbonyl (C=O) groups excluding carboxylic acids is 3. The van der Waals surface area contributed by atoms with Gasteiger partial charge in [-0.25, -0.2) is 14.8 Å². The van der Waals surface area contributed by atoms with Gasteiger partial charge in [0.1, 0.15) is 18.0 Å². The van der Waals surface area contributed by atoms with Gasteiger partial charge >= 0.3 is 6.03 Å². The van der Waals surface area contributed by atoms with E-state index in [1.807, 2.05) is 74.4 Å². The lowest BCUT2D eigenvalue weighted by Gasteiger charge is -2.57. The molecule has 11 heteroatoms. The van der Waals surface area contributed by atoms with Gasteiger partial charge in [-0.2, -0.15) is 0 Å². The molecule has 3 aromatic carbocycles. The van der Waals surface area contributed by atoms with Crippen molar-refractivity contribution in [1.29, 1.82) is 0 Å². The molecule has 0 radical (unpaired) electrons. The van der Waals surface area contributed by atoms with Crippen molar-refractivity contribution < 1.29 is 19.5 Å². The third-order valence-electron chi connectivity index (χ3n) is 8.09. The van der Waals surface area contributed by atoms with Crippen LogP contribution in [-0.2, 0) is 29.1 Å². The number of likely N-dealkylation sites (N-methyl/N-ethyl adjacent to an activating group) is 1. The van der Waals surface area contributed by atoms with E-state index in [4.69, 9.17) is 11.6 Å². The Balaban J connectivity index is 1.51. The molecule has 2 saturated heterocycles. The number of hydrogen-bond donors (Lipinski definition) is 2. The molecule has 2 fully saturated rings. The molecule has 4 amide bonds. The smallest absolute Gasteiger partial charge is 0.334 e. The molecule has 2 N–H and O–H groups in total. The Hall–Kier alpha value is -4.28. The van der Waals surface area contributed by atoms with Gasteiger partial charge in [0.15, 0.2) is 0 Å². The molecule has 2 heterocycles. The Morgan fingerprint density at radius 1 is 1.00 bits per heavy atom. The van der Waals surface area contributed by atoms with Crippen LogP contribution in [0.3, 0.4) is 0 Å². The zero-order valence-electron chi connectivity index (χ0n) is 24.8. The normalized spacial score (nSPS) is 20.7. The molecule has 2 aliphatic heterocycles. The predicted octanol–water partition coefficient (Wildman–Crippen LogP) is 3.68. The van der Waals surface area contributed by atoms with E-state index in [-0.39, 0.29) is 43.1 Å². The number of carbonyl (C=O) groups is 3. The second kappa shape index (κ2) is 12.5. The van der Waals surface area contributed by atoms with Gasteiger partial charge < -0.3 is 25.1 Å². The lowest BCUT2D eigenvalue weighted by molar-refractivity contribution is -0.196. The number of urea groups is 1. The maximum Gasteiger partial charge on any atom is 0.334 e. The summed E-state index contributed by atoms with van der Waals surface area (Å²) in [5, 5.41) is 16.6. The number of anilines is 1. The second-order valence-corrected chi connectivity index (χ2v) is 11.7. The van der Waals surface area contributed by atoms with Crippen LogP contribution < -0.4 is 10.2 Å². The molecule has 0 unspecified atom stereocenters.